The van der Waals surface area contributed by atoms with Gasteiger partial charge in [0.25, 0.3) is 5.91 Å². The van der Waals surface area contributed by atoms with Gasteiger partial charge in [0.2, 0.25) is 0 Å². The zero-order valence-corrected chi connectivity index (χ0v) is 12.2. The third-order valence-corrected chi connectivity index (χ3v) is 3.95. The van der Waals surface area contributed by atoms with E-state index in [1.54, 1.807) is 22.1 Å². The van der Waals surface area contributed by atoms with Crippen LogP contribution in [0, 0.1) is 0 Å². The first-order chi connectivity index (χ1) is 10.9. The molecule has 0 N–H and O–H groups in total. The van der Waals surface area contributed by atoms with Gasteiger partial charge in [-0.15, -0.1) is 0 Å². The van der Waals surface area contributed by atoms with Crippen LogP contribution in [0.15, 0.2) is 36.7 Å². The van der Waals surface area contributed by atoms with Crippen molar-refractivity contribution in [2.24, 2.45) is 0 Å². The molecule has 122 valence electrons. The normalized spacial score (nSPS) is 16.6. The summed E-state index contributed by atoms with van der Waals surface area (Å²) in [5, 5.41) is 8.17. The van der Waals surface area contributed by atoms with E-state index in [1.165, 1.54) is 12.1 Å². The molecule has 0 spiro atoms. The Bertz CT molecular complexity index is 676. The lowest BCUT2D eigenvalue weighted by atomic mass is 10.0. The number of likely N-dealkylation sites (tertiary alicyclic amines) is 1. The predicted molar refractivity (Wildman–Crippen MR) is 75.6 cm³/mol. The maximum atomic E-state index is 12.7. The summed E-state index contributed by atoms with van der Waals surface area (Å²) in [7, 11) is 0. The molecule has 1 aliphatic heterocycles. The molecule has 0 unspecified atom stereocenters. The molecule has 8 heteroatoms. The van der Waals surface area contributed by atoms with Crippen molar-refractivity contribution in [3.63, 3.8) is 0 Å². The number of carbonyl (C=O) groups excluding carboxylic acids is 1. The average molecular weight is 324 g/mol. The highest BCUT2D eigenvalue weighted by Crippen LogP contribution is 2.30. The Morgan fingerprint density at radius 3 is 2.39 bits per heavy atom. The van der Waals surface area contributed by atoms with Crippen LogP contribution in [-0.2, 0) is 6.18 Å². The maximum absolute atomic E-state index is 12.7. The smallest absolute Gasteiger partial charge is 0.338 e. The Hall–Kier alpha value is -2.38. The highest BCUT2D eigenvalue weighted by Gasteiger charge is 2.32. The van der Waals surface area contributed by atoms with Crippen molar-refractivity contribution in [2.45, 2.75) is 25.1 Å². The van der Waals surface area contributed by atoms with Crippen LogP contribution in [0.25, 0.3) is 0 Å². The van der Waals surface area contributed by atoms with Gasteiger partial charge < -0.3 is 4.90 Å². The van der Waals surface area contributed by atoms with E-state index in [9.17, 15) is 18.0 Å². The van der Waals surface area contributed by atoms with Gasteiger partial charge in [-0.25, -0.2) is 0 Å². The van der Waals surface area contributed by atoms with E-state index < -0.39 is 11.7 Å². The van der Waals surface area contributed by atoms with Gasteiger partial charge in [-0.2, -0.15) is 28.2 Å². The lowest BCUT2D eigenvalue weighted by molar-refractivity contribution is -0.137. The summed E-state index contributed by atoms with van der Waals surface area (Å²) in [5.74, 6) is -0.372. The first-order valence-electron chi connectivity index (χ1n) is 7.27. The van der Waals surface area contributed by atoms with Crippen molar-refractivity contribution in [3.8, 4) is 0 Å². The van der Waals surface area contributed by atoms with Gasteiger partial charge in [0, 0.05) is 18.7 Å². The molecule has 3 rings (SSSR count). The van der Waals surface area contributed by atoms with Crippen molar-refractivity contribution in [1.29, 1.82) is 0 Å². The fraction of sp³-hybridized carbons (Fsp3) is 0.400. The number of hydrogen-bond acceptors (Lipinski definition) is 3. The monoisotopic (exact) mass is 324 g/mol. The van der Waals surface area contributed by atoms with E-state index in [0.29, 0.717) is 25.9 Å². The van der Waals surface area contributed by atoms with E-state index in [1.807, 2.05) is 0 Å². The molecule has 0 aliphatic carbocycles. The van der Waals surface area contributed by atoms with Crippen LogP contribution in [-0.4, -0.2) is 38.9 Å². The topological polar surface area (TPSA) is 51.0 Å². The standard InChI is InChI=1S/C15H15F3N4O/c16-15(17,18)12-3-1-2-11(10-12)14(23)21-8-4-13(5-9-21)22-19-6-7-20-22/h1-3,6-7,10,13H,4-5,8-9H2. The molecule has 1 amide bonds. The van der Waals surface area contributed by atoms with Crippen molar-refractivity contribution >= 4 is 5.91 Å². The Balaban J connectivity index is 1.68. The van der Waals surface area contributed by atoms with Crippen LogP contribution in [0.3, 0.4) is 0 Å². The highest BCUT2D eigenvalue weighted by molar-refractivity contribution is 5.94. The molecule has 0 atom stereocenters. The summed E-state index contributed by atoms with van der Waals surface area (Å²) >= 11 is 0. The SMILES string of the molecule is O=C(c1cccc(C(F)(F)F)c1)N1CCC(n2nccn2)CC1. The predicted octanol–water partition coefficient (Wildman–Crippen LogP) is 2.77. The number of rotatable bonds is 2. The van der Waals surface area contributed by atoms with Crippen LogP contribution >= 0.6 is 0 Å². The molecule has 1 aromatic carbocycles. The number of hydrogen-bond donors (Lipinski definition) is 0. The van der Waals surface area contributed by atoms with Crippen molar-refractivity contribution in [2.75, 3.05) is 13.1 Å². The van der Waals surface area contributed by atoms with E-state index in [2.05, 4.69) is 10.2 Å². The van der Waals surface area contributed by atoms with Crippen molar-refractivity contribution in [3.05, 3.63) is 47.8 Å². The molecule has 1 aromatic heterocycles. The molecular weight excluding hydrogens is 309 g/mol. The molecule has 5 nitrogen and oxygen atoms in total. The van der Waals surface area contributed by atoms with Gasteiger partial charge in [-0.05, 0) is 31.0 Å². The second-order valence-corrected chi connectivity index (χ2v) is 5.45. The van der Waals surface area contributed by atoms with Crippen LogP contribution in [0.5, 0.6) is 0 Å². The van der Waals surface area contributed by atoms with Gasteiger partial charge >= 0.3 is 6.18 Å². The lowest BCUT2D eigenvalue weighted by Gasteiger charge is -2.31. The van der Waals surface area contributed by atoms with E-state index >= 15 is 0 Å². The Labute approximate surface area is 130 Å². The number of carbonyl (C=O) groups is 1. The molecule has 0 bridgehead atoms. The first-order valence-corrected chi connectivity index (χ1v) is 7.27. The second kappa shape index (κ2) is 6.02. The zero-order chi connectivity index (χ0) is 16.4. The van der Waals surface area contributed by atoms with Crippen molar-refractivity contribution < 1.29 is 18.0 Å². The quantitative estimate of drug-likeness (QED) is 0.853. The van der Waals surface area contributed by atoms with Crippen LogP contribution in [0.1, 0.15) is 34.8 Å². The fourth-order valence-electron chi connectivity index (χ4n) is 2.73. The van der Waals surface area contributed by atoms with E-state index in [-0.39, 0.29) is 17.5 Å². The number of amides is 1. The summed E-state index contributed by atoms with van der Waals surface area (Å²) in [6, 6.07) is 4.67. The van der Waals surface area contributed by atoms with Crippen LogP contribution in [0.4, 0.5) is 13.2 Å². The lowest BCUT2D eigenvalue weighted by Crippen LogP contribution is -2.39. The van der Waals surface area contributed by atoms with Crippen molar-refractivity contribution in [1.82, 2.24) is 19.9 Å². The largest absolute Gasteiger partial charge is 0.416 e. The summed E-state index contributed by atoms with van der Waals surface area (Å²) in [6.45, 7) is 0.947. The van der Waals surface area contributed by atoms with Gasteiger partial charge in [0.1, 0.15) is 0 Å². The summed E-state index contributed by atoms with van der Waals surface area (Å²) in [5.41, 5.74) is -0.741. The molecule has 1 saturated heterocycles. The minimum absolute atomic E-state index is 0.0653. The minimum atomic E-state index is -4.45. The first kappa shape index (κ1) is 15.5. The van der Waals surface area contributed by atoms with Gasteiger partial charge in [-0.1, -0.05) is 6.07 Å². The Morgan fingerprint density at radius 1 is 1.13 bits per heavy atom. The van der Waals surface area contributed by atoms with E-state index in [0.717, 1.165) is 12.1 Å². The van der Waals surface area contributed by atoms with E-state index in [4.69, 9.17) is 0 Å². The number of alkyl halides is 3. The highest BCUT2D eigenvalue weighted by atomic mass is 19.4. The summed E-state index contributed by atoms with van der Waals surface area (Å²) in [4.78, 5) is 15.6. The van der Waals surface area contributed by atoms with Gasteiger partial charge in [-0.3, -0.25) is 4.79 Å². The molecule has 0 saturated carbocycles. The molecule has 1 fully saturated rings. The zero-order valence-electron chi connectivity index (χ0n) is 12.2. The third kappa shape index (κ3) is 3.35. The molecule has 1 aliphatic rings. The molecular formula is C15H15F3N4O. The summed E-state index contributed by atoms with van der Waals surface area (Å²) in [6.07, 6.45) is 0.105. The molecule has 2 heterocycles. The summed E-state index contributed by atoms with van der Waals surface area (Å²) < 4.78 is 38.2. The molecule has 2 aromatic rings. The number of piperidine rings is 1. The van der Waals surface area contributed by atoms with Gasteiger partial charge in [0.05, 0.1) is 24.0 Å². The Kier molecular flexibility index (Phi) is 4.06. The third-order valence-electron chi connectivity index (χ3n) is 3.95. The number of benzene rings is 1. The molecule has 23 heavy (non-hydrogen) atoms. The fourth-order valence-corrected chi connectivity index (χ4v) is 2.73. The Morgan fingerprint density at radius 2 is 1.78 bits per heavy atom. The maximum Gasteiger partial charge on any atom is 0.416 e. The molecule has 0 radical (unpaired) electrons. The van der Waals surface area contributed by atoms with Gasteiger partial charge in [0.15, 0.2) is 0 Å². The number of aromatic nitrogens is 3. The van der Waals surface area contributed by atoms with Crippen LogP contribution < -0.4 is 0 Å². The second-order valence-electron chi connectivity index (χ2n) is 5.45. The number of halogens is 3. The number of nitrogens with zero attached hydrogens (tertiary/aromatic N) is 4. The minimum Gasteiger partial charge on any atom is -0.338 e. The average Bonchev–Trinajstić information content (AvgIpc) is 3.08. The van der Waals surface area contributed by atoms with Crippen LogP contribution in [0.2, 0.25) is 0 Å².